The van der Waals surface area contributed by atoms with Crippen LogP contribution < -0.4 is 4.74 Å². The van der Waals surface area contributed by atoms with Gasteiger partial charge in [0.1, 0.15) is 5.75 Å². The Kier molecular flexibility index (Phi) is 3.06. The first-order chi connectivity index (χ1) is 7.29. The first-order valence-corrected chi connectivity index (χ1v) is 5.39. The average molecular weight is 267 g/mol. The number of hydrogen-bond donors (Lipinski definition) is 0. The van der Waals surface area contributed by atoms with Gasteiger partial charge in [-0.05, 0) is 24.3 Å². The van der Waals surface area contributed by atoms with Crippen LogP contribution >= 0.6 is 15.9 Å². The van der Waals surface area contributed by atoms with E-state index in [9.17, 15) is 0 Å². The number of rotatable bonds is 3. The summed E-state index contributed by atoms with van der Waals surface area (Å²) in [4.78, 5) is 0. The first kappa shape index (κ1) is 10.2. The molecule has 1 aromatic carbocycles. The predicted octanol–water partition coefficient (Wildman–Crippen LogP) is 2.70. The van der Waals surface area contributed by atoms with Crippen LogP contribution in [0.4, 0.5) is 0 Å². The number of aromatic nitrogens is 2. The molecule has 78 valence electrons. The molecule has 0 fully saturated rings. The fourth-order valence-corrected chi connectivity index (χ4v) is 1.85. The largest absolute Gasteiger partial charge is 0.496 e. The number of benzene rings is 1. The van der Waals surface area contributed by atoms with Crippen molar-refractivity contribution in [2.24, 2.45) is 0 Å². The van der Waals surface area contributed by atoms with E-state index < -0.39 is 0 Å². The maximum absolute atomic E-state index is 5.29. The van der Waals surface area contributed by atoms with Crippen LogP contribution in [0.1, 0.15) is 5.56 Å². The van der Waals surface area contributed by atoms with Gasteiger partial charge in [0, 0.05) is 22.4 Å². The summed E-state index contributed by atoms with van der Waals surface area (Å²) in [6.45, 7) is 0.718. The van der Waals surface area contributed by atoms with Crippen molar-refractivity contribution in [2.75, 3.05) is 7.11 Å². The van der Waals surface area contributed by atoms with Gasteiger partial charge in [-0.15, -0.1) is 0 Å². The van der Waals surface area contributed by atoms with Crippen molar-refractivity contribution >= 4 is 15.9 Å². The van der Waals surface area contributed by atoms with Gasteiger partial charge >= 0.3 is 0 Å². The minimum absolute atomic E-state index is 0.718. The Hall–Kier alpha value is -1.29. The third-order valence-electron chi connectivity index (χ3n) is 2.13. The molecule has 2 rings (SSSR count). The predicted molar refractivity (Wildman–Crippen MR) is 62.0 cm³/mol. The molecule has 3 nitrogen and oxygen atoms in total. The highest BCUT2D eigenvalue weighted by molar-refractivity contribution is 9.10. The van der Waals surface area contributed by atoms with Gasteiger partial charge in [0.15, 0.2) is 0 Å². The Morgan fingerprint density at radius 1 is 1.47 bits per heavy atom. The number of ether oxygens (including phenoxy) is 1. The van der Waals surface area contributed by atoms with Crippen LogP contribution in [0.2, 0.25) is 0 Å². The lowest BCUT2D eigenvalue weighted by molar-refractivity contribution is 0.407. The Bertz CT molecular complexity index is 440. The lowest BCUT2D eigenvalue weighted by Crippen LogP contribution is -2.02. The van der Waals surface area contributed by atoms with Crippen molar-refractivity contribution < 1.29 is 4.74 Å². The lowest BCUT2D eigenvalue weighted by Gasteiger charge is -2.08. The van der Waals surface area contributed by atoms with Gasteiger partial charge in [0.2, 0.25) is 0 Å². The van der Waals surface area contributed by atoms with Gasteiger partial charge in [0.25, 0.3) is 0 Å². The molecule has 1 heterocycles. The van der Waals surface area contributed by atoms with Crippen molar-refractivity contribution in [2.45, 2.75) is 6.54 Å². The lowest BCUT2D eigenvalue weighted by atomic mass is 10.2. The molecule has 0 aliphatic heterocycles. The van der Waals surface area contributed by atoms with Gasteiger partial charge < -0.3 is 4.74 Å². The standard InChI is InChI=1S/C11H11BrN2O/c1-15-11-4-3-10(12)7-9(11)8-14-6-2-5-13-14/h2-7H,8H2,1H3. The zero-order valence-corrected chi connectivity index (χ0v) is 9.94. The second-order valence-electron chi connectivity index (χ2n) is 3.16. The topological polar surface area (TPSA) is 27.1 Å². The summed E-state index contributed by atoms with van der Waals surface area (Å²) in [5.41, 5.74) is 1.11. The van der Waals surface area contributed by atoms with Gasteiger partial charge in [-0.2, -0.15) is 5.10 Å². The van der Waals surface area contributed by atoms with E-state index in [2.05, 4.69) is 21.0 Å². The molecule has 0 saturated carbocycles. The van der Waals surface area contributed by atoms with Crippen molar-refractivity contribution in [3.8, 4) is 5.75 Å². The SMILES string of the molecule is COc1ccc(Br)cc1Cn1cccn1. The number of halogens is 1. The fraction of sp³-hybridized carbons (Fsp3) is 0.182. The molecule has 0 aliphatic rings. The van der Waals surface area contributed by atoms with Crippen LogP contribution in [0.5, 0.6) is 5.75 Å². The first-order valence-electron chi connectivity index (χ1n) is 4.59. The highest BCUT2D eigenvalue weighted by atomic mass is 79.9. The Balaban J connectivity index is 2.30. The van der Waals surface area contributed by atoms with Gasteiger partial charge in [-0.1, -0.05) is 15.9 Å². The van der Waals surface area contributed by atoms with Gasteiger partial charge in [0.05, 0.1) is 13.7 Å². The Morgan fingerprint density at radius 2 is 2.33 bits per heavy atom. The van der Waals surface area contributed by atoms with E-state index in [4.69, 9.17) is 4.74 Å². The summed E-state index contributed by atoms with van der Waals surface area (Å²) in [5.74, 6) is 0.883. The molecule has 0 spiro atoms. The molecule has 0 unspecified atom stereocenters. The van der Waals surface area contributed by atoms with Crippen LogP contribution in [0.25, 0.3) is 0 Å². The molecule has 4 heteroatoms. The highest BCUT2D eigenvalue weighted by Gasteiger charge is 2.04. The van der Waals surface area contributed by atoms with Crippen molar-refractivity contribution in [3.63, 3.8) is 0 Å². The average Bonchev–Trinajstić information content (AvgIpc) is 2.71. The Morgan fingerprint density at radius 3 is 3.00 bits per heavy atom. The molecule has 0 saturated heterocycles. The zero-order valence-electron chi connectivity index (χ0n) is 8.35. The maximum atomic E-state index is 5.29. The number of nitrogens with zero attached hydrogens (tertiary/aromatic N) is 2. The minimum Gasteiger partial charge on any atom is -0.496 e. The second-order valence-corrected chi connectivity index (χ2v) is 4.08. The molecule has 15 heavy (non-hydrogen) atoms. The van der Waals surface area contributed by atoms with E-state index in [-0.39, 0.29) is 0 Å². The maximum Gasteiger partial charge on any atom is 0.124 e. The van der Waals surface area contributed by atoms with Gasteiger partial charge in [-0.25, -0.2) is 0 Å². The van der Waals surface area contributed by atoms with E-state index in [1.54, 1.807) is 13.3 Å². The third kappa shape index (κ3) is 2.39. The molecule has 0 amide bonds. The smallest absolute Gasteiger partial charge is 0.124 e. The summed E-state index contributed by atoms with van der Waals surface area (Å²) in [6, 6.07) is 7.86. The minimum atomic E-state index is 0.718. The highest BCUT2D eigenvalue weighted by Crippen LogP contribution is 2.23. The molecule has 1 aromatic heterocycles. The van der Waals surface area contributed by atoms with Crippen molar-refractivity contribution in [1.29, 1.82) is 0 Å². The Labute approximate surface area is 96.8 Å². The monoisotopic (exact) mass is 266 g/mol. The number of methoxy groups -OCH3 is 1. The van der Waals surface area contributed by atoms with E-state index in [1.807, 2.05) is 35.1 Å². The molecule has 0 aliphatic carbocycles. The van der Waals surface area contributed by atoms with Crippen molar-refractivity contribution in [1.82, 2.24) is 9.78 Å². The van der Waals surface area contributed by atoms with E-state index in [0.717, 1.165) is 22.3 Å². The van der Waals surface area contributed by atoms with Gasteiger partial charge in [-0.3, -0.25) is 4.68 Å². The van der Waals surface area contributed by atoms with E-state index >= 15 is 0 Å². The zero-order chi connectivity index (χ0) is 10.7. The molecular formula is C11H11BrN2O. The molecule has 0 atom stereocenters. The normalized spacial score (nSPS) is 10.3. The van der Waals surface area contributed by atoms with E-state index in [0.29, 0.717) is 0 Å². The fourth-order valence-electron chi connectivity index (χ4n) is 1.44. The molecule has 0 N–H and O–H groups in total. The van der Waals surface area contributed by atoms with Crippen LogP contribution in [-0.2, 0) is 6.54 Å². The summed E-state index contributed by atoms with van der Waals surface area (Å²) < 4.78 is 8.20. The summed E-state index contributed by atoms with van der Waals surface area (Å²) >= 11 is 3.44. The third-order valence-corrected chi connectivity index (χ3v) is 2.63. The number of hydrogen-bond acceptors (Lipinski definition) is 2. The van der Waals surface area contributed by atoms with Crippen LogP contribution in [0.3, 0.4) is 0 Å². The summed E-state index contributed by atoms with van der Waals surface area (Å²) in [5, 5.41) is 4.16. The van der Waals surface area contributed by atoms with E-state index in [1.165, 1.54) is 0 Å². The summed E-state index contributed by atoms with van der Waals surface area (Å²) in [7, 11) is 1.68. The van der Waals surface area contributed by atoms with Crippen LogP contribution in [0, 0.1) is 0 Å². The molecular weight excluding hydrogens is 256 g/mol. The second kappa shape index (κ2) is 4.49. The molecule has 0 radical (unpaired) electrons. The quantitative estimate of drug-likeness (QED) is 0.854. The van der Waals surface area contributed by atoms with Crippen molar-refractivity contribution in [3.05, 3.63) is 46.7 Å². The van der Waals surface area contributed by atoms with Crippen LogP contribution in [-0.4, -0.2) is 16.9 Å². The summed E-state index contributed by atoms with van der Waals surface area (Å²) in [6.07, 6.45) is 3.70. The molecule has 0 bridgehead atoms. The van der Waals surface area contributed by atoms with Crippen LogP contribution in [0.15, 0.2) is 41.1 Å². The molecule has 2 aromatic rings.